The molecule has 0 amide bonds. The number of benzene rings is 1. The lowest BCUT2D eigenvalue weighted by molar-refractivity contribution is 0.594. The molecule has 2 N–H and O–H groups in total. The number of hydrogen-bond donors (Lipinski definition) is 1. The van der Waals surface area contributed by atoms with Gasteiger partial charge in [-0.1, -0.05) is 28.1 Å². The maximum atomic E-state index is 11.0. The van der Waals surface area contributed by atoms with E-state index < -0.39 is 10.0 Å². The molecular weight excluding hydrogens is 306 g/mol. The molecule has 17 heavy (non-hydrogen) atoms. The van der Waals surface area contributed by atoms with Gasteiger partial charge in [0.05, 0.1) is 6.33 Å². The molecule has 0 saturated carbocycles. The number of rotatable bonds is 3. The smallest absolute Gasteiger partial charge is 0.257 e. The average molecular weight is 316 g/mol. The van der Waals surface area contributed by atoms with Crippen molar-refractivity contribution in [1.82, 2.24) is 9.55 Å². The molecule has 0 fully saturated rings. The second-order valence-corrected chi connectivity index (χ2v) is 5.98. The Morgan fingerprint density at radius 2 is 1.94 bits per heavy atom. The van der Waals surface area contributed by atoms with Crippen LogP contribution in [0.25, 0.3) is 0 Å². The van der Waals surface area contributed by atoms with E-state index >= 15 is 0 Å². The number of primary sulfonamides is 1. The molecule has 90 valence electrons. The van der Waals surface area contributed by atoms with Crippen LogP contribution in [0.3, 0.4) is 0 Å². The van der Waals surface area contributed by atoms with E-state index in [1.54, 1.807) is 4.57 Å². The van der Waals surface area contributed by atoms with Crippen molar-refractivity contribution in [3.05, 3.63) is 46.8 Å². The van der Waals surface area contributed by atoms with Gasteiger partial charge in [-0.2, -0.15) is 0 Å². The van der Waals surface area contributed by atoms with Crippen molar-refractivity contribution >= 4 is 26.0 Å². The highest BCUT2D eigenvalue weighted by Gasteiger charge is 2.11. The lowest BCUT2D eigenvalue weighted by Gasteiger charge is -2.01. The number of aromatic nitrogens is 2. The Morgan fingerprint density at radius 1 is 1.29 bits per heavy atom. The molecule has 0 unspecified atom stereocenters. The van der Waals surface area contributed by atoms with E-state index in [2.05, 4.69) is 20.9 Å². The topological polar surface area (TPSA) is 78.0 Å². The van der Waals surface area contributed by atoms with Crippen molar-refractivity contribution in [3.63, 3.8) is 0 Å². The highest BCUT2D eigenvalue weighted by molar-refractivity contribution is 9.10. The van der Waals surface area contributed by atoms with Crippen molar-refractivity contribution in [2.45, 2.75) is 11.6 Å². The van der Waals surface area contributed by atoms with Gasteiger partial charge in [-0.15, -0.1) is 0 Å². The summed E-state index contributed by atoms with van der Waals surface area (Å²) in [6.45, 7) is 0.551. The monoisotopic (exact) mass is 315 g/mol. The molecule has 2 aromatic rings. The third-order valence-corrected chi connectivity index (χ3v) is 3.50. The minimum Gasteiger partial charge on any atom is -0.332 e. The molecule has 5 nitrogen and oxygen atoms in total. The number of imidazole rings is 1. The summed E-state index contributed by atoms with van der Waals surface area (Å²) < 4.78 is 24.7. The summed E-state index contributed by atoms with van der Waals surface area (Å²) in [4.78, 5) is 3.74. The lowest BCUT2D eigenvalue weighted by atomic mass is 10.2. The zero-order valence-corrected chi connectivity index (χ0v) is 11.1. The van der Waals surface area contributed by atoms with E-state index in [0.29, 0.717) is 6.54 Å². The van der Waals surface area contributed by atoms with Gasteiger partial charge in [0, 0.05) is 17.2 Å². The Labute approximate surface area is 107 Å². The maximum Gasteiger partial charge on any atom is 0.257 e. The van der Waals surface area contributed by atoms with Gasteiger partial charge in [0.25, 0.3) is 10.0 Å². The van der Waals surface area contributed by atoms with E-state index in [1.807, 2.05) is 24.3 Å². The summed E-state index contributed by atoms with van der Waals surface area (Å²) in [5, 5.41) is 4.86. The van der Waals surface area contributed by atoms with Crippen LogP contribution in [0, 0.1) is 0 Å². The van der Waals surface area contributed by atoms with Crippen LogP contribution >= 0.6 is 15.9 Å². The summed E-state index contributed by atoms with van der Waals surface area (Å²) in [5.74, 6) is 0. The van der Waals surface area contributed by atoms with Crippen molar-refractivity contribution in [2.75, 3.05) is 0 Å². The molecule has 0 aliphatic heterocycles. The van der Waals surface area contributed by atoms with Crippen molar-refractivity contribution in [2.24, 2.45) is 5.14 Å². The van der Waals surface area contributed by atoms with E-state index in [0.717, 1.165) is 10.0 Å². The van der Waals surface area contributed by atoms with Crippen molar-refractivity contribution in [3.8, 4) is 0 Å². The summed E-state index contributed by atoms with van der Waals surface area (Å²) >= 11 is 3.35. The Hall–Kier alpha value is -1.18. The summed E-state index contributed by atoms with van der Waals surface area (Å²) in [6.07, 6.45) is 2.86. The third kappa shape index (κ3) is 3.15. The number of nitrogens with zero attached hydrogens (tertiary/aromatic N) is 2. The molecule has 0 aliphatic carbocycles. The van der Waals surface area contributed by atoms with Gasteiger partial charge in [-0.25, -0.2) is 18.5 Å². The average Bonchev–Trinajstić information content (AvgIpc) is 2.69. The van der Waals surface area contributed by atoms with Crippen molar-refractivity contribution in [1.29, 1.82) is 0 Å². The van der Waals surface area contributed by atoms with Gasteiger partial charge >= 0.3 is 0 Å². The zero-order chi connectivity index (χ0) is 12.5. The second kappa shape index (κ2) is 4.59. The molecule has 1 aromatic carbocycles. The molecule has 0 atom stereocenters. The highest BCUT2D eigenvalue weighted by atomic mass is 79.9. The van der Waals surface area contributed by atoms with Crippen LogP contribution in [-0.2, 0) is 16.6 Å². The third-order valence-electron chi connectivity index (χ3n) is 2.18. The number of hydrogen-bond acceptors (Lipinski definition) is 3. The van der Waals surface area contributed by atoms with Crippen LogP contribution in [-0.4, -0.2) is 18.0 Å². The van der Waals surface area contributed by atoms with Crippen LogP contribution in [0.1, 0.15) is 5.56 Å². The minimum absolute atomic E-state index is 0.116. The van der Waals surface area contributed by atoms with Gasteiger partial charge in [-0.3, -0.25) is 0 Å². The SMILES string of the molecule is NS(=O)(=O)c1cn(Cc2ccc(Br)cc2)cn1. The highest BCUT2D eigenvalue weighted by Crippen LogP contribution is 2.12. The van der Waals surface area contributed by atoms with Crippen molar-refractivity contribution < 1.29 is 8.42 Å². The fourth-order valence-electron chi connectivity index (χ4n) is 1.37. The number of nitrogens with two attached hydrogens (primary N) is 1. The summed E-state index contributed by atoms with van der Waals surface area (Å²) in [7, 11) is -3.72. The predicted octanol–water partition coefficient (Wildman–Crippen LogP) is 1.34. The fraction of sp³-hybridized carbons (Fsp3) is 0.100. The lowest BCUT2D eigenvalue weighted by Crippen LogP contribution is -2.12. The predicted molar refractivity (Wildman–Crippen MR) is 66.8 cm³/mol. The standard InChI is InChI=1S/C10H10BrN3O2S/c11-9-3-1-8(2-4-9)5-14-6-10(13-7-14)17(12,15)16/h1-4,6-7H,5H2,(H2,12,15,16). The Bertz CT molecular complexity index is 619. The van der Waals surface area contributed by atoms with Gasteiger partial charge in [0.1, 0.15) is 0 Å². The van der Waals surface area contributed by atoms with E-state index in [-0.39, 0.29) is 5.03 Å². The van der Waals surface area contributed by atoms with E-state index in [4.69, 9.17) is 5.14 Å². The first kappa shape index (κ1) is 12.3. The van der Waals surface area contributed by atoms with Crippen LogP contribution in [0.4, 0.5) is 0 Å². The number of halogens is 1. The first-order chi connectivity index (χ1) is 7.95. The quantitative estimate of drug-likeness (QED) is 0.928. The van der Waals surface area contributed by atoms with Gasteiger partial charge < -0.3 is 4.57 Å². The molecule has 1 heterocycles. The molecular formula is C10H10BrN3O2S. The van der Waals surface area contributed by atoms with Crippen LogP contribution in [0.2, 0.25) is 0 Å². The molecule has 0 bridgehead atoms. The second-order valence-electron chi connectivity index (χ2n) is 3.56. The van der Waals surface area contributed by atoms with Crippen LogP contribution in [0.5, 0.6) is 0 Å². The molecule has 0 saturated heterocycles. The minimum atomic E-state index is -3.72. The van der Waals surface area contributed by atoms with Gasteiger partial charge in [0.2, 0.25) is 0 Å². The van der Waals surface area contributed by atoms with Crippen LogP contribution in [0.15, 0.2) is 46.3 Å². The fourth-order valence-corrected chi connectivity index (χ4v) is 2.11. The molecule has 0 spiro atoms. The number of sulfonamides is 1. The molecule has 2 rings (SSSR count). The van der Waals surface area contributed by atoms with Gasteiger partial charge in [-0.05, 0) is 17.7 Å². The maximum absolute atomic E-state index is 11.0. The molecule has 7 heteroatoms. The molecule has 0 aliphatic rings. The normalized spacial score (nSPS) is 11.6. The summed E-state index contributed by atoms with van der Waals surface area (Å²) in [6, 6.07) is 7.74. The first-order valence-electron chi connectivity index (χ1n) is 4.74. The Balaban J connectivity index is 2.20. The van der Waals surface area contributed by atoms with E-state index in [1.165, 1.54) is 12.5 Å². The zero-order valence-electron chi connectivity index (χ0n) is 8.75. The molecule has 1 aromatic heterocycles. The molecule has 0 radical (unpaired) electrons. The first-order valence-corrected chi connectivity index (χ1v) is 7.08. The van der Waals surface area contributed by atoms with Crippen LogP contribution < -0.4 is 5.14 Å². The largest absolute Gasteiger partial charge is 0.332 e. The van der Waals surface area contributed by atoms with Gasteiger partial charge in [0.15, 0.2) is 5.03 Å². The Kier molecular flexibility index (Phi) is 3.32. The van der Waals surface area contributed by atoms with E-state index in [9.17, 15) is 8.42 Å². The Morgan fingerprint density at radius 3 is 2.47 bits per heavy atom. The summed E-state index contributed by atoms with van der Waals surface area (Å²) in [5.41, 5.74) is 1.05.